The smallest absolute Gasteiger partial charge is 0.340 e. The molecule has 1 aromatic rings. The molecule has 0 N–H and O–H groups in total. The summed E-state index contributed by atoms with van der Waals surface area (Å²) < 4.78 is 54.3. The van der Waals surface area contributed by atoms with Crippen LogP contribution in [0.5, 0.6) is 5.75 Å². The van der Waals surface area contributed by atoms with Crippen molar-refractivity contribution in [3.05, 3.63) is 29.8 Å². The summed E-state index contributed by atoms with van der Waals surface area (Å²) in [5.74, 6) is -0.125. The molecule has 9 nitrogen and oxygen atoms in total. The molecule has 244 valence electrons. The third-order valence-corrected chi connectivity index (χ3v) is 15.3. The quantitative estimate of drug-likeness (QED) is 0.0497. The molecule has 0 spiro atoms. The fourth-order valence-corrected chi connectivity index (χ4v) is 10.0. The Labute approximate surface area is 255 Å². The summed E-state index contributed by atoms with van der Waals surface area (Å²) in [5.41, 5.74) is 0.128. The zero-order valence-electron chi connectivity index (χ0n) is 27.7. The van der Waals surface area contributed by atoms with E-state index in [0.29, 0.717) is 19.6 Å². The molecule has 0 amide bonds. The first-order valence-corrected chi connectivity index (χ1v) is 19.6. The minimum Gasteiger partial charge on any atom is -0.497 e. The molecular formula is C31H57O9PSi. The maximum Gasteiger partial charge on any atom is 0.340 e. The molecule has 0 aromatic heterocycles. The molecule has 11 heteroatoms. The number of carbonyl (C=O) groups is 1. The Morgan fingerprint density at radius 1 is 0.905 bits per heavy atom. The second-order valence-electron chi connectivity index (χ2n) is 10.7. The summed E-state index contributed by atoms with van der Waals surface area (Å²) in [7, 11) is -2.54. The van der Waals surface area contributed by atoms with E-state index in [0.717, 1.165) is 29.4 Å². The predicted molar refractivity (Wildman–Crippen MR) is 170 cm³/mol. The Bertz CT molecular complexity index is 907. The normalized spacial score (nSPS) is 16.0. The van der Waals surface area contributed by atoms with Crippen molar-refractivity contribution in [3.8, 4) is 5.75 Å². The van der Waals surface area contributed by atoms with Gasteiger partial charge < -0.3 is 32.4 Å². The number of benzene rings is 1. The van der Waals surface area contributed by atoms with Crippen molar-refractivity contribution in [1.82, 2.24) is 0 Å². The van der Waals surface area contributed by atoms with Crippen molar-refractivity contribution in [3.63, 3.8) is 0 Å². The van der Waals surface area contributed by atoms with Crippen LogP contribution in [0.25, 0.3) is 0 Å². The number of Topliss-reactive ketones (excluding diaryl/α,β-unsaturated/α-hetero) is 1. The first kappa shape index (κ1) is 38.9. The average Bonchev–Trinajstić information content (AvgIpc) is 3.00. The lowest BCUT2D eigenvalue weighted by Gasteiger charge is -2.41. The van der Waals surface area contributed by atoms with Crippen LogP contribution in [0.1, 0.15) is 67.4 Å². The monoisotopic (exact) mass is 632 g/mol. The van der Waals surface area contributed by atoms with Crippen LogP contribution in [0.2, 0.25) is 18.1 Å². The third kappa shape index (κ3) is 11.4. The van der Waals surface area contributed by atoms with E-state index in [2.05, 4.69) is 27.7 Å². The lowest BCUT2D eigenvalue weighted by molar-refractivity contribution is -0.134. The summed E-state index contributed by atoms with van der Waals surface area (Å²) in [6.45, 7) is 17.0. The van der Waals surface area contributed by atoms with Gasteiger partial charge in [-0.3, -0.25) is 9.36 Å². The van der Waals surface area contributed by atoms with Crippen LogP contribution < -0.4 is 4.74 Å². The number of rotatable bonds is 24. The van der Waals surface area contributed by atoms with E-state index < -0.39 is 33.6 Å². The minimum absolute atomic E-state index is 0.112. The van der Waals surface area contributed by atoms with Gasteiger partial charge in [-0.15, -0.1) is 0 Å². The standard InChI is InChI=1S/C31H57O9PSi/c1-11-38-41(33,39-12-2)26(8)30(32)25(7)31(40-42(13-3,14-4)15-5)24(6)29(37-23-34-9)20-21-36-22-27-16-18-28(35-10)19-17-27/h16-19,24-26,29,31H,11-15,20-23H2,1-10H3/t24-,25-,26?,29+,31-/m0/s1. The van der Waals surface area contributed by atoms with E-state index >= 15 is 0 Å². The summed E-state index contributed by atoms with van der Waals surface area (Å²) in [4.78, 5) is 13.9. The number of ketones is 1. The molecule has 0 fully saturated rings. The molecular weight excluding hydrogens is 575 g/mol. The van der Waals surface area contributed by atoms with Gasteiger partial charge in [0, 0.05) is 25.6 Å². The van der Waals surface area contributed by atoms with Crippen LogP contribution in [0, 0.1) is 11.8 Å². The highest BCUT2D eigenvalue weighted by atomic mass is 31.2. The fraction of sp³-hybridized carbons (Fsp3) is 0.774. The Balaban J connectivity index is 3.23. The summed E-state index contributed by atoms with van der Waals surface area (Å²) in [6, 6.07) is 10.6. The van der Waals surface area contributed by atoms with Crippen molar-refractivity contribution < 1.29 is 41.8 Å². The summed E-state index contributed by atoms with van der Waals surface area (Å²) in [5, 5.41) is 0. The molecule has 1 rings (SSSR count). The molecule has 0 bridgehead atoms. The molecule has 0 aliphatic rings. The lowest BCUT2D eigenvalue weighted by atomic mass is 9.85. The average molecular weight is 633 g/mol. The van der Waals surface area contributed by atoms with E-state index in [1.165, 1.54) is 0 Å². The Kier molecular flexibility index (Phi) is 18.6. The second-order valence-corrected chi connectivity index (χ2v) is 17.8. The van der Waals surface area contributed by atoms with Gasteiger partial charge in [-0.05, 0) is 63.0 Å². The van der Waals surface area contributed by atoms with Crippen molar-refractivity contribution in [2.24, 2.45) is 11.8 Å². The highest BCUT2D eigenvalue weighted by Crippen LogP contribution is 2.54. The molecule has 1 aromatic carbocycles. The van der Waals surface area contributed by atoms with Gasteiger partial charge in [0.2, 0.25) is 0 Å². The van der Waals surface area contributed by atoms with Crippen LogP contribution in [0.15, 0.2) is 24.3 Å². The summed E-state index contributed by atoms with van der Waals surface area (Å²) in [6.07, 6.45) is -0.155. The van der Waals surface area contributed by atoms with Crippen molar-refractivity contribution >= 4 is 21.7 Å². The van der Waals surface area contributed by atoms with Crippen LogP contribution >= 0.6 is 7.60 Å². The Morgan fingerprint density at radius 3 is 1.95 bits per heavy atom. The van der Waals surface area contributed by atoms with Gasteiger partial charge in [0.1, 0.15) is 18.2 Å². The fourth-order valence-electron chi connectivity index (χ4n) is 5.25. The molecule has 1 unspecified atom stereocenters. The SMILES string of the molecule is CCOP(=O)(OCC)C(C)C(=O)[C@H](C)[C@@H](O[Si](CC)(CC)CC)[C@@H](C)[C@@H](CCOCc1ccc(OC)cc1)OCOC. The van der Waals surface area contributed by atoms with Crippen LogP contribution in [-0.4, -0.2) is 72.8 Å². The number of methoxy groups -OCH3 is 2. The lowest BCUT2D eigenvalue weighted by Crippen LogP contribution is -2.50. The van der Waals surface area contributed by atoms with Gasteiger partial charge in [-0.25, -0.2) is 0 Å². The minimum atomic E-state index is -3.63. The van der Waals surface area contributed by atoms with E-state index in [-0.39, 0.29) is 37.8 Å². The van der Waals surface area contributed by atoms with Crippen molar-refractivity contribution in [2.75, 3.05) is 40.8 Å². The van der Waals surface area contributed by atoms with Gasteiger partial charge in [0.25, 0.3) is 0 Å². The zero-order valence-corrected chi connectivity index (χ0v) is 29.6. The largest absolute Gasteiger partial charge is 0.497 e. The Morgan fingerprint density at radius 2 is 1.48 bits per heavy atom. The van der Waals surface area contributed by atoms with Crippen molar-refractivity contribution in [2.45, 2.75) is 104 Å². The highest BCUT2D eigenvalue weighted by Gasteiger charge is 2.45. The molecule has 0 heterocycles. The van der Waals surface area contributed by atoms with Gasteiger partial charge in [-0.2, -0.15) is 0 Å². The highest BCUT2D eigenvalue weighted by molar-refractivity contribution is 7.55. The van der Waals surface area contributed by atoms with Crippen molar-refractivity contribution in [1.29, 1.82) is 0 Å². The first-order valence-electron chi connectivity index (χ1n) is 15.4. The number of ether oxygens (including phenoxy) is 4. The van der Waals surface area contributed by atoms with E-state index in [1.54, 1.807) is 35.0 Å². The molecule has 0 saturated carbocycles. The topological polar surface area (TPSA) is 98.8 Å². The first-order chi connectivity index (χ1) is 20.0. The van der Waals surface area contributed by atoms with Gasteiger partial charge in [0.05, 0.1) is 39.1 Å². The molecule has 0 aliphatic heterocycles. The van der Waals surface area contributed by atoms with Gasteiger partial charge >= 0.3 is 7.60 Å². The summed E-state index contributed by atoms with van der Waals surface area (Å²) >= 11 is 0. The van der Waals surface area contributed by atoms with Gasteiger partial charge in [-0.1, -0.05) is 46.8 Å². The molecule has 42 heavy (non-hydrogen) atoms. The molecule has 0 aliphatic carbocycles. The van der Waals surface area contributed by atoms with E-state index in [4.69, 9.17) is 32.4 Å². The number of hydrogen-bond donors (Lipinski definition) is 0. The molecule has 5 atom stereocenters. The van der Waals surface area contributed by atoms with Crippen LogP contribution in [0.3, 0.4) is 0 Å². The van der Waals surface area contributed by atoms with E-state index in [1.807, 2.05) is 31.2 Å². The van der Waals surface area contributed by atoms with Crippen LogP contribution in [-0.2, 0) is 43.7 Å². The number of hydrogen-bond acceptors (Lipinski definition) is 9. The van der Waals surface area contributed by atoms with Crippen LogP contribution in [0.4, 0.5) is 0 Å². The maximum atomic E-state index is 13.9. The third-order valence-electron chi connectivity index (χ3n) is 8.24. The second kappa shape index (κ2) is 20.0. The number of carbonyl (C=O) groups excluding carboxylic acids is 1. The predicted octanol–water partition coefficient (Wildman–Crippen LogP) is 7.48. The Hall–Kier alpha value is -1.10. The van der Waals surface area contributed by atoms with Gasteiger partial charge in [0.15, 0.2) is 14.1 Å². The zero-order chi connectivity index (χ0) is 31.8. The maximum absolute atomic E-state index is 13.9. The molecule has 0 saturated heterocycles. The van der Waals surface area contributed by atoms with E-state index in [9.17, 15) is 9.36 Å². The molecule has 0 radical (unpaired) electrons.